The second-order valence-electron chi connectivity index (χ2n) is 5.62. The van der Waals surface area contributed by atoms with E-state index in [1.165, 1.54) is 24.3 Å². The largest absolute Gasteiger partial charge is 0.337 e. The maximum Gasteiger partial charge on any atom is 0.254 e. The van der Waals surface area contributed by atoms with Crippen molar-refractivity contribution in [1.29, 1.82) is 0 Å². The van der Waals surface area contributed by atoms with E-state index in [9.17, 15) is 14.0 Å². The van der Waals surface area contributed by atoms with Crippen LogP contribution in [0, 0.1) is 5.82 Å². The fourth-order valence-corrected chi connectivity index (χ4v) is 2.98. The topological polar surface area (TPSA) is 65.2 Å². The number of nitrogens with one attached hydrogen (secondary N) is 2. The number of likely N-dealkylation sites (tertiary alicyclic amines) is 1. The number of aromatic amines is 1. The second kappa shape index (κ2) is 5.88. The molecule has 1 amide bonds. The molecule has 1 atom stereocenters. The monoisotopic (exact) mass is 303 g/mol. The van der Waals surface area contributed by atoms with Crippen molar-refractivity contribution >= 4 is 16.8 Å². The molecule has 1 saturated heterocycles. The lowest BCUT2D eigenvalue weighted by molar-refractivity contribution is 0.0700. The number of carbonyl (C=O) groups is 1. The molecule has 1 aliphatic rings. The average Bonchev–Trinajstić information content (AvgIpc) is 2.53. The van der Waals surface area contributed by atoms with Gasteiger partial charge in [-0.05, 0) is 38.1 Å². The minimum absolute atomic E-state index is 0.178. The number of amides is 1. The number of H-pyrrole nitrogens is 1. The van der Waals surface area contributed by atoms with E-state index in [-0.39, 0.29) is 11.9 Å². The Kier molecular flexibility index (Phi) is 3.94. The molecule has 2 heterocycles. The summed E-state index contributed by atoms with van der Waals surface area (Å²) in [5.74, 6) is -0.622. The summed E-state index contributed by atoms with van der Waals surface area (Å²) >= 11 is 0. The Morgan fingerprint density at radius 2 is 2.23 bits per heavy atom. The van der Waals surface area contributed by atoms with Crippen LogP contribution in [0.4, 0.5) is 4.39 Å². The van der Waals surface area contributed by atoms with Crippen molar-refractivity contribution in [2.24, 2.45) is 0 Å². The average molecular weight is 303 g/mol. The molecule has 1 aromatic heterocycles. The molecule has 0 radical (unpaired) electrons. The minimum atomic E-state index is -0.444. The van der Waals surface area contributed by atoms with Gasteiger partial charge in [0, 0.05) is 30.6 Å². The molecule has 1 fully saturated rings. The van der Waals surface area contributed by atoms with Crippen molar-refractivity contribution in [3.05, 3.63) is 46.0 Å². The first-order chi connectivity index (χ1) is 10.6. The fourth-order valence-electron chi connectivity index (χ4n) is 2.98. The van der Waals surface area contributed by atoms with E-state index in [2.05, 4.69) is 10.3 Å². The molecule has 2 aromatic rings. The highest BCUT2D eigenvalue weighted by Crippen LogP contribution is 2.20. The number of fused-ring (bicyclic) bond motifs is 1. The van der Waals surface area contributed by atoms with Gasteiger partial charge in [-0.25, -0.2) is 4.39 Å². The maximum atomic E-state index is 13.3. The van der Waals surface area contributed by atoms with E-state index in [1.54, 1.807) is 4.90 Å². The molecule has 0 aliphatic carbocycles. The summed E-state index contributed by atoms with van der Waals surface area (Å²) in [6, 6.07) is 5.63. The molecule has 1 aromatic carbocycles. The summed E-state index contributed by atoms with van der Waals surface area (Å²) in [5, 5.41) is 3.75. The number of rotatable bonds is 2. The molecular weight excluding hydrogens is 285 g/mol. The molecule has 5 nitrogen and oxygen atoms in total. The van der Waals surface area contributed by atoms with E-state index in [4.69, 9.17) is 0 Å². The third-order valence-electron chi connectivity index (χ3n) is 4.15. The highest BCUT2D eigenvalue weighted by molar-refractivity contribution is 6.06. The number of nitrogens with zero attached hydrogens (tertiary/aromatic N) is 1. The molecule has 116 valence electrons. The zero-order valence-corrected chi connectivity index (χ0v) is 12.4. The number of hydrogen-bond donors (Lipinski definition) is 2. The summed E-state index contributed by atoms with van der Waals surface area (Å²) in [5.41, 5.74) is 0.275. The number of benzene rings is 1. The van der Waals surface area contributed by atoms with E-state index in [1.807, 2.05) is 7.05 Å². The van der Waals surface area contributed by atoms with E-state index in [0.717, 1.165) is 12.8 Å². The number of pyridine rings is 1. The number of piperidine rings is 1. The van der Waals surface area contributed by atoms with Gasteiger partial charge in [-0.15, -0.1) is 0 Å². The summed E-state index contributed by atoms with van der Waals surface area (Å²) in [6.45, 7) is 1.29. The number of hydrogen-bond acceptors (Lipinski definition) is 3. The first kappa shape index (κ1) is 14.7. The Hall–Kier alpha value is -2.21. The lowest BCUT2D eigenvalue weighted by atomic mass is 10.0. The third kappa shape index (κ3) is 2.74. The van der Waals surface area contributed by atoms with Crippen molar-refractivity contribution < 1.29 is 9.18 Å². The predicted molar refractivity (Wildman–Crippen MR) is 82.5 cm³/mol. The molecule has 1 unspecified atom stereocenters. The SMILES string of the molecule is CNC1CCCN(C(=O)c2cc(=O)[nH]c3cc(F)ccc23)C1. The van der Waals surface area contributed by atoms with Crippen molar-refractivity contribution in [2.45, 2.75) is 18.9 Å². The highest BCUT2D eigenvalue weighted by Gasteiger charge is 2.25. The standard InChI is InChI=1S/C16H18FN3O2/c1-18-11-3-2-6-20(9-11)16(22)13-8-15(21)19-14-7-10(17)4-5-12(13)14/h4-5,7-8,11,18H,2-3,6,9H2,1H3,(H,19,21). The quantitative estimate of drug-likeness (QED) is 0.883. The molecule has 2 N–H and O–H groups in total. The van der Waals surface area contributed by atoms with Crippen molar-refractivity contribution in [3.8, 4) is 0 Å². The Balaban J connectivity index is 2.02. The van der Waals surface area contributed by atoms with Gasteiger partial charge in [-0.2, -0.15) is 0 Å². The van der Waals surface area contributed by atoms with Gasteiger partial charge in [0.25, 0.3) is 5.91 Å². The summed E-state index contributed by atoms with van der Waals surface area (Å²) < 4.78 is 13.3. The first-order valence-electron chi connectivity index (χ1n) is 7.37. The van der Waals surface area contributed by atoms with Crippen molar-refractivity contribution in [1.82, 2.24) is 15.2 Å². The number of halogens is 1. The van der Waals surface area contributed by atoms with E-state index >= 15 is 0 Å². The van der Waals surface area contributed by atoms with Crippen LogP contribution in [-0.4, -0.2) is 42.0 Å². The van der Waals surface area contributed by atoms with Crippen LogP contribution in [0.25, 0.3) is 10.9 Å². The smallest absolute Gasteiger partial charge is 0.254 e. The van der Waals surface area contributed by atoms with Crippen LogP contribution in [-0.2, 0) is 0 Å². The summed E-state index contributed by atoms with van der Waals surface area (Å²) in [7, 11) is 1.88. The van der Waals surface area contributed by atoms with Gasteiger partial charge in [0.1, 0.15) is 5.82 Å². The van der Waals surface area contributed by atoms with Crippen LogP contribution in [0.5, 0.6) is 0 Å². The van der Waals surface area contributed by atoms with E-state index < -0.39 is 11.4 Å². The Labute approximate surface area is 127 Å². The number of likely N-dealkylation sites (N-methyl/N-ethyl adjacent to an activating group) is 1. The second-order valence-corrected chi connectivity index (χ2v) is 5.62. The van der Waals surface area contributed by atoms with Gasteiger partial charge in [0.05, 0.1) is 11.1 Å². The van der Waals surface area contributed by atoms with Gasteiger partial charge in [-0.1, -0.05) is 0 Å². The molecular formula is C16H18FN3O2. The first-order valence-corrected chi connectivity index (χ1v) is 7.37. The third-order valence-corrected chi connectivity index (χ3v) is 4.15. The number of carbonyl (C=O) groups excluding carboxylic acids is 1. The van der Waals surface area contributed by atoms with Crippen LogP contribution >= 0.6 is 0 Å². The zero-order chi connectivity index (χ0) is 15.7. The van der Waals surface area contributed by atoms with Crippen molar-refractivity contribution in [3.63, 3.8) is 0 Å². The number of aromatic nitrogens is 1. The van der Waals surface area contributed by atoms with Gasteiger partial charge in [-0.3, -0.25) is 9.59 Å². The van der Waals surface area contributed by atoms with Crippen LogP contribution in [0.3, 0.4) is 0 Å². The Bertz CT molecular complexity index is 772. The van der Waals surface area contributed by atoms with Crippen LogP contribution in [0.1, 0.15) is 23.2 Å². The molecule has 3 rings (SSSR count). The molecule has 0 bridgehead atoms. The zero-order valence-electron chi connectivity index (χ0n) is 12.4. The van der Waals surface area contributed by atoms with Crippen LogP contribution in [0.2, 0.25) is 0 Å². The highest BCUT2D eigenvalue weighted by atomic mass is 19.1. The molecule has 0 saturated carbocycles. The fraction of sp³-hybridized carbons (Fsp3) is 0.375. The predicted octanol–water partition coefficient (Wildman–Crippen LogP) is 1.49. The Morgan fingerprint density at radius 1 is 1.41 bits per heavy atom. The maximum absolute atomic E-state index is 13.3. The molecule has 1 aliphatic heterocycles. The van der Waals surface area contributed by atoms with Crippen LogP contribution < -0.4 is 10.9 Å². The van der Waals surface area contributed by atoms with Gasteiger partial charge in [0.15, 0.2) is 0 Å². The lowest BCUT2D eigenvalue weighted by Gasteiger charge is -2.32. The van der Waals surface area contributed by atoms with Crippen molar-refractivity contribution in [2.75, 3.05) is 20.1 Å². The van der Waals surface area contributed by atoms with Crippen LogP contribution in [0.15, 0.2) is 29.1 Å². The normalized spacial score (nSPS) is 18.6. The van der Waals surface area contributed by atoms with Gasteiger partial charge in [0.2, 0.25) is 5.56 Å². The molecule has 6 heteroatoms. The minimum Gasteiger partial charge on any atom is -0.337 e. The summed E-state index contributed by atoms with van der Waals surface area (Å²) in [4.78, 5) is 28.8. The summed E-state index contributed by atoms with van der Waals surface area (Å²) in [6.07, 6.45) is 1.95. The van der Waals surface area contributed by atoms with E-state index in [0.29, 0.717) is 29.6 Å². The molecule has 0 spiro atoms. The lowest BCUT2D eigenvalue weighted by Crippen LogP contribution is -2.47. The van der Waals surface area contributed by atoms with Gasteiger partial charge < -0.3 is 15.2 Å². The Morgan fingerprint density at radius 3 is 3.00 bits per heavy atom. The van der Waals surface area contributed by atoms with Gasteiger partial charge >= 0.3 is 0 Å². The molecule has 22 heavy (non-hydrogen) atoms.